The van der Waals surface area contributed by atoms with Crippen LogP contribution in [0.15, 0.2) is 24.3 Å². The quantitative estimate of drug-likeness (QED) is 0.323. The third-order valence-electron chi connectivity index (χ3n) is 14.6. The van der Waals surface area contributed by atoms with Gasteiger partial charge >= 0.3 is 0 Å². The van der Waals surface area contributed by atoms with Crippen LogP contribution in [-0.4, -0.2) is 72.1 Å². The minimum atomic E-state index is -0.382. The summed E-state index contributed by atoms with van der Waals surface area (Å²) in [6, 6.07) is 5.31. The second kappa shape index (κ2) is 10.2. The maximum atomic E-state index is 13.1. The maximum Gasteiger partial charge on any atom is 0.244 e. The van der Waals surface area contributed by atoms with Crippen molar-refractivity contribution < 1.29 is 24.9 Å². The molecule has 0 unspecified atom stereocenters. The van der Waals surface area contributed by atoms with Crippen LogP contribution >= 0.6 is 0 Å². The molecule has 4 N–H and O–H groups in total. The molecule has 6 rings (SSSR count). The summed E-state index contributed by atoms with van der Waals surface area (Å²) >= 11 is 0. The molecule has 7 nitrogen and oxygen atoms in total. The molecule has 238 valence electrons. The van der Waals surface area contributed by atoms with Gasteiger partial charge in [-0.25, -0.2) is 0 Å². The van der Waals surface area contributed by atoms with E-state index in [0.29, 0.717) is 29.0 Å². The van der Waals surface area contributed by atoms with Crippen LogP contribution in [0.5, 0.6) is 11.5 Å². The summed E-state index contributed by atoms with van der Waals surface area (Å²) in [4.78, 5) is 15.4. The van der Waals surface area contributed by atoms with Crippen molar-refractivity contribution in [1.29, 1.82) is 0 Å². The Labute approximate surface area is 258 Å². The number of nitrogens with zero attached hydrogens (tertiary/aromatic N) is 1. The molecule has 1 amide bonds. The van der Waals surface area contributed by atoms with Crippen LogP contribution in [0.4, 0.5) is 0 Å². The van der Waals surface area contributed by atoms with E-state index >= 15 is 0 Å². The van der Waals surface area contributed by atoms with Crippen molar-refractivity contribution in [3.05, 3.63) is 29.8 Å². The number of rotatable bonds is 7. The zero-order valence-electron chi connectivity index (χ0n) is 27.3. The number of hydrogen-bond acceptors (Lipinski definition) is 6. The van der Waals surface area contributed by atoms with E-state index in [1.54, 1.807) is 24.3 Å². The highest BCUT2D eigenvalue weighted by atomic mass is 16.5. The Bertz CT molecular complexity index is 1300. The molecule has 2 spiro atoms. The van der Waals surface area contributed by atoms with Crippen LogP contribution in [-0.2, 0) is 4.79 Å². The highest BCUT2D eigenvalue weighted by molar-refractivity contribution is 5.92. The third-order valence-corrected chi connectivity index (χ3v) is 14.6. The predicted octanol–water partition coefficient (Wildman–Crippen LogP) is 5.23. The summed E-state index contributed by atoms with van der Waals surface area (Å²) in [6.45, 7) is 9.58. The molecule has 7 heteroatoms. The Hall–Kier alpha value is -2.09. The highest BCUT2D eigenvalue weighted by Gasteiger charge is 2.83. The lowest BCUT2D eigenvalue weighted by atomic mass is 9.41. The van der Waals surface area contributed by atoms with Crippen molar-refractivity contribution in [3.63, 3.8) is 0 Å². The van der Waals surface area contributed by atoms with Gasteiger partial charge in [0.05, 0.1) is 19.8 Å². The second-order valence-electron chi connectivity index (χ2n) is 16.0. The number of carbonyl (C=O) groups excluding carboxylic acids is 1. The van der Waals surface area contributed by atoms with Crippen molar-refractivity contribution in [2.45, 2.75) is 97.2 Å². The van der Waals surface area contributed by atoms with E-state index in [1.165, 1.54) is 26.0 Å². The average Bonchev–Trinajstić information content (AvgIpc) is 3.58. The molecule has 5 saturated carbocycles. The van der Waals surface area contributed by atoms with Gasteiger partial charge in [-0.05, 0) is 130 Å². The summed E-state index contributed by atoms with van der Waals surface area (Å²) in [5.74, 6) is 1.52. The first-order valence-corrected chi connectivity index (χ1v) is 16.5. The van der Waals surface area contributed by atoms with E-state index < -0.39 is 0 Å². The average molecular weight is 595 g/mol. The lowest BCUT2D eigenvalue weighted by molar-refractivity contribution is -0.156. The van der Waals surface area contributed by atoms with Crippen molar-refractivity contribution in [2.75, 3.05) is 27.8 Å². The number of ether oxygens (including phenoxy) is 1. The fourth-order valence-corrected chi connectivity index (χ4v) is 12.1. The molecule has 0 radical (unpaired) electrons. The van der Waals surface area contributed by atoms with Gasteiger partial charge in [0.2, 0.25) is 5.91 Å². The summed E-state index contributed by atoms with van der Waals surface area (Å²) < 4.78 is 5.12. The van der Waals surface area contributed by atoms with E-state index in [2.05, 4.69) is 52.0 Å². The van der Waals surface area contributed by atoms with Gasteiger partial charge in [0, 0.05) is 29.5 Å². The maximum absolute atomic E-state index is 13.1. The Morgan fingerprint density at radius 2 is 1.79 bits per heavy atom. The molecule has 5 fully saturated rings. The molecule has 5 aliphatic carbocycles. The number of amides is 1. The number of nitrogens with one attached hydrogen (secondary N) is 1. The first-order valence-electron chi connectivity index (χ1n) is 16.5. The lowest BCUT2D eigenvalue weighted by Gasteiger charge is -2.63. The number of phenols is 1. The lowest BCUT2D eigenvalue weighted by Crippen LogP contribution is -2.62. The number of aliphatic hydroxyl groups excluding tert-OH is 2. The smallest absolute Gasteiger partial charge is 0.244 e. The van der Waals surface area contributed by atoms with E-state index in [4.69, 9.17) is 4.74 Å². The number of fused-ring (bicyclic) bond motifs is 2. The van der Waals surface area contributed by atoms with Gasteiger partial charge in [0.15, 0.2) is 11.5 Å². The number of carbonyl (C=O) groups is 1. The number of benzene rings is 1. The van der Waals surface area contributed by atoms with Crippen molar-refractivity contribution in [1.82, 2.24) is 10.2 Å². The Kier molecular flexibility index (Phi) is 7.34. The topological polar surface area (TPSA) is 102 Å². The van der Waals surface area contributed by atoms with Gasteiger partial charge in [-0.1, -0.05) is 26.8 Å². The summed E-state index contributed by atoms with van der Waals surface area (Å²) in [5.41, 5.74) is 1.08. The Morgan fingerprint density at radius 1 is 1.09 bits per heavy atom. The first-order chi connectivity index (χ1) is 20.2. The summed E-state index contributed by atoms with van der Waals surface area (Å²) in [5, 5.41) is 35.9. The van der Waals surface area contributed by atoms with Gasteiger partial charge < -0.3 is 30.3 Å². The molecule has 0 saturated heterocycles. The Morgan fingerprint density at radius 3 is 2.44 bits per heavy atom. The summed E-state index contributed by atoms with van der Waals surface area (Å²) in [7, 11) is 5.80. The van der Waals surface area contributed by atoms with E-state index in [1.807, 2.05) is 0 Å². The minimum absolute atomic E-state index is 0.0381. The first kappa shape index (κ1) is 30.9. The van der Waals surface area contributed by atoms with Gasteiger partial charge in [0.25, 0.3) is 0 Å². The monoisotopic (exact) mass is 594 g/mol. The predicted molar refractivity (Wildman–Crippen MR) is 168 cm³/mol. The molecule has 1 aromatic rings. The van der Waals surface area contributed by atoms with Crippen molar-refractivity contribution >= 4 is 12.0 Å². The van der Waals surface area contributed by atoms with Crippen molar-refractivity contribution in [3.8, 4) is 11.5 Å². The molecule has 0 bridgehead atoms. The van der Waals surface area contributed by atoms with E-state index in [9.17, 15) is 20.1 Å². The normalized spacial score (nSPS) is 45.6. The van der Waals surface area contributed by atoms with E-state index in [-0.39, 0.29) is 58.0 Å². The highest BCUT2D eigenvalue weighted by Crippen LogP contribution is 2.89. The zero-order chi connectivity index (χ0) is 31.2. The van der Waals surface area contributed by atoms with E-state index in [0.717, 1.165) is 44.1 Å². The van der Waals surface area contributed by atoms with Crippen LogP contribution in [0.2, 0.25) is 0 Å². The standard InChI is InChI=1S/C36H54N2O5/c1-22(38(5)6)31-25(41)19-34(4)28-12-11-27-32(2,21-39)29(14-15-35(27)20-36(28,35)17-16-33(31,34)3)37-30(42)13-9-23-8-10-26(43-7)24(40)18-23/h8-10,13,18,22,25,27-29,31,39-41H,11-12,14-17,19-21H2,1-7H3,(H,37,42)/b13-9+/t22-,25+,27-,28-,29-,31-,32-,33+,34-,35+,36-/m0/s1. The minimum Gasteiger partial charge on any atom is -0.504 e. The molecule has 0 aliphatic heterocycles. The molecular formula is C36H54N2O5. The fourth-order valence-electron chi connectivity index (χ4n) is 12.1. The Balaban J connectivity index is 1.21. The largest absolute Gasteiger partial charge is 0.504 e. The van der Waals surface area contributed by atoms with Gasteiger partial charge in [-0.2, -0.15) is 0 Å². The van der Waals surface area contributed by atoms with Crippen LogP contribution in [0.3, 0.4) is 0 Å². The summed E-state index contributed by atoms with van der Waals surface area (Å²) in [6.07, 6.45) is 11.7. The second-order valence-corrected chi connectivity index (χ2v) is 16.0. The molecule has 11 atom stereocenters. The van der Waals surface area contributed by atoms with Crippen LogP contribution < -0.4 is 10.1 Å². The molecular weight excluding hydrogens is 540 g/mol. The number of aliphatic hydroxyl groups is 2. The fraction of sp³-hybridized carbons (Fsp3) is 0.750. The van der Waals surface area contributed by atoms with Gasteiger partial charge in [-0.15, -0.1) is 0 Å². The van der Waals surface area contributed by atoms with Gasteiger partial charge in [0.1, 0.15) is 0 Å². The number of phenolic OH excluding ortho intramolecular Hbond substituents is 1. The SMILES string of the molecule is COc1ccc(/C=C/C(=O)N[C@H]2CC[C@]34C[C@]35CC[C@]3(C)[C@@H]([C@H](C)N(C)C)[C@H](O)C[C@@]3(C)[C@@H]5CC[C@H]4[C@]2(C)CO)cc1O. The third kappa shape index (κ3) is 4.13. The molecule has 1 aromatic carbocycles. The molecule has 0 aromatic heterocycles. The van der Waals surface area contributed by atoms with Crippen molar-refractivity contribution in [2.24, 2.45) is 44.8 Å². The zero-order valence-corrected chi connectivity index (χ0v) is 27.3. The van der Waals surface area contributed by atoms with Crippen LogP contribution in [0.1, 0.15) is 84.6 Å². The van der Waals surface area contributed by atoms with Crippen LogP contribution in [0, 0.1) is 44.8 Å². The molecule has 43 heavy (non-hydrogen) atoms. The number of aromatic hydroxyl groups is 1. The number of methoxy groups -OCH3 is 1. The number of hydrogen-bond donors (Lipinski definition) is 4. The molecule has 0 heterocycles. The van der Waals surface area contributed by atoms with Crippen LogP contribution in [0.25, 0.3) is 6.08 Å². The van der Waals surface area contributed by atoms with Gasteiger partial charge in [-0.3, -0.25) is 4.79 Å². The molecule has 5 aliphatic rings.